The second-order valence-corrected chi connectivity index (χ2v) is 8.08. The summed E-state index contributed by atoms with van der Waals surface area (Å²) >= 11 is 0. The molecule has 2 bridgehead atoms. The van der Waals surface area contributed by atoms with Crippen LogP contribution >= 0.6 is 0 Å². The third-order valence-corrected chi connectivity index (χ3v) is 6.54. The van der Waals surface area contributed by atoms with Crippen LogP contribution in [0.4, 0.5) is 0 Å². The molecule has 2 heterocycles. The highest BCUT2D eigenvalue weighted by atomic mass is 16.2. The van der Waals surface area contributed by atoms with Crippen LogP contribution < -0.4 is 0 Å². The normalized spacial score (nSPS) is 32.8. The van der Waals surface area contributed by atoms with Crippen molar-refractivity contribution in [3.63, 3.8) is 0 Å². The number of aromatic nitrogens is 2. The van der Waals surface area contributed by atoms with Crippen molar-refractivity contribution in [1.82, 2.24) is 14.7 Å². The SMILES string of the molecule is Cn1cc(CCC(=O)N2CCC[C@@H]2C[C@@H]2C[C@H]3CC[C@H]2C3)cn1. The van der Waals surface area contributed by atoms with Gasteiger partial charge in [-0.3, -0.25) is 9.48 Å². The van der Waals surface area contributed by atoms with Gasteiger partial charge >= 0.3 is 0 Å². The Labute approximate surface area is 139 Å². The lowest BCUT2D eigenvalue weighted by Gasteiger charge is -2.30. The van der Waals surface area contributed by atoms with Crippen molar-refractivity contribution < 1.29 is 4.79 Å². The molecule has 0 radical (unpaired) electrons. The van der Waals surface area contributed by atoms with E-state index >= 15 is 0 Å². The topological polar surface area (TPSA) is 38.1 Å². The first-order chi connectivity index (χ1) is 11.2. The average Bonchev–Trinajstić information content (AvgIpc) is 3.29. The second kappa shape index (κ2) is 6.29. The summed E-state index contributed by atoms with van der Waals surface area (Å²) in [6.45, 7) is 0.983. The van der Waals surface area contributed by atoms with Crippen molar-refractivity contribution in [2.24, 2.45) is 24.8 Å². The molecule has 126 valence electrons. The molecule has 1 aromatic rings. The lowest BCUT2D eigenvalue weighted by atomic mass is 9.83. The molecule has 3 fully saturated rings. The van der Waals surface area contributed by atoms with Gasteiger partial charge in [0, 0.05) is 32.3 Å². The van der Waals surface area contributed by atoms with E-state index in [0.29, 0.717) is 18.4 Å². The molecule has 0 unspecified atom stereocenters. The van der Waals surface area contributed by atoms with Gasteiger partial charge in [-0.15, -0.1) is 0 Å². The fourth-order valence-electron chi connectivity index (χ4n) is 5.42. The third-order valence-electron chi connectivity index (χ3n) is 6.54. The zero-order valence-corrected chi connectivity index (χ0v) is 14.3. The molecule has 2 aliphatic carbocycles. The Balaban J connectivity index is 1.31. The average molecular weight is 315 g/mol. The molecule has 1 aromatic heterocycles. The van der Waals surface area contributed by atoms with E-state index in [-0.39, 0.29) is 0 Å². The Morgan fingerprint density at radius 2 is 2.22 bits per heavy atom. The second-order valence-electron chi connectivity index (χ2n) is 8.08. The molecule has 0 aromatic carbocycles. The van der Waals surface area contributed by atoms with Crippen LogP contribution in [-0.2, 0) is 18.3 Å². The van der Waals surface area contributed by atoms with Crippen molar-refractivity contribution in [2.75, 3.05) is 6.54 Å². The molecule has 4 rings (SSSR count). The number of carbonyl (C=O) groups excluding carboxylic acids is 1. The van der Waals surface area contributed by atoms with Gasteiger partial charge < -0.3 is 4.90 Å². The predicted molar refractivity (Wildman–Crippen MR) is 89.8 cm³/mol. The van der Waals surface area contributed by atoms with E-state index in [1.807, 2.05) is 24.1 Å². The van der Waals surface area contributed by atoms with Crippen molar-refractivity contribution in [3.05, 3.63) is 18.0 Å². The molecule has 0 spiro atoms. The fourth-order valence-corrected chi connectivity index (χ4v) is 5.42. The van der Waals surface area contributed by atoms with Gasteiger partial charge in [0.15, 0.2) is 0 Å². The van der Waals surface area contributed by atoms with Crippen molar-refractivity contribution in [3.8, 4) is 0 Å². The number of amides is 1. The minimum absolute atomic E-state index is 0.361. The van der Waals surface area contributed by atoms with E-state index in [1.165, 1.54) is 50.5 Å². The molecular formula is C19H29N3O. The van der Waals surface area contributed by atoms with Crippen LogP contribution in [0, 0.1) is 17.8 Å². The highest BCUT2D eigenvalue weighted by Gasteiger charge is 2.41. The summed E-state index contributed by atoms with van der Waals surface area (Å²) in [7, 11) is 1.93. The molecule has 0 N–H and O–H groups in total. The minimum Gasteiger partial charge on any atom is -0.340 e. The van der Waals surface area contributed by atoms with Gasteiger partial charge in [0.2, 0.25) is 5.91 Å². The summed E-state index contributed by atoms with van der Waals surface area (Å²) < 4.78 is 1.81. The molecule has 3 aliphatic rings. The van der Waals surface area contributed by atoms with Gasteiger partial charge in [0.05, 0.1) is 6.20 Å². The van der Waals surface area contributed by atoms with E-state index in [0.717, 1.165) is 30.7 Å². The van der Waals surface area contributed by atoms with Gasteiger partial charge in [-0.1, -0.05) is 6.42 Å². The number of fused-ring (bicyclic) bond motifs is 2. The van der Waals surface area contributed by atoms with Crippen LogP contribution in [0.5, 0.6) is 0 Å². The van der Waals surface area contributed by atoms with Crippen molar-refractivity contribution >= 4 is 5.91 Å². The van der Waals surface area contributed by atoms with E-state index in [2.05, 4.69) is 10.00 Å². The quantitative estimate of drug-likeness (QED) is 0.837. The smallest absolute Gasteiger partial charge is 0.223 e. The Morgan fingerprint density at radius 3 is 2.91 bits per heavy atom. The number of aryl methyl sites for hydroxylation is 2. The number of nitrogens with zero attached hydrogens (tertiary/aromatic N) is 3. The number of rotatable bonds is 5. The zero-order valence-electron chi connectivity index (χ0n) is 14.3. The summed E-state index contributed by atoms with van der Waals surface area (Å²) in [5.74, 6) is 3.26. The maximum Gasteiger partial charge on any atom is 0.223 e. The van der Waals surface area contributed by atoms with Crippen molar-refractivity contribution in [2.45, 2.75) is 63.8 Å². The monoisotopic (exact) mass is 315 g/mol. The minimum atomic E-state index is 0.361. The summed E-state index contributed by atoms with van der Waals surface area (Å²) in [6.07, 6.45) is 14.9. The third kappa shape index (κ3) is 3.17. The first kappa shape index (κ1) is 15.2. The predicted octanol–water partition coefficient (Wildman–Crippen LogP) is 3.17. The first-order valence-electron chi connectivity index (χ1n) is 9.46. The van der Waals surface area contributed by atoms with Crippen molar-refractivity contribution in [1.29, 1.82) is 0 Å². The van der Waals surface area contributed by atoms with E-state index < -0.39 is 0 Å². The Morgan fingerprint density at radius 1 is 1.30 bits per heavy atom. The Kier molecular flexibility index (Phi) is 4.16. The standard InChI is InChI=1S/C19H29N3O/c1-21-13-15(12-20-21)5-7-19(23)22-8-2-3-18(22)11-17-10-14-4-6-16(17)9-14/h12-14,16-18H,2-11H2,1H3/t14-,16-,17-,18+/m0/s1. The molecule has 4 atom stereocenters. The molecule has 1 saturated heterocycles. The maximum absolute atomic E-state index is 12.7. The molecule has 4 heteroatoms. The number of hydrogen-bond acceptors (Lipinski definition) is 2. The summed E-state index contributed by atoms with van der Waals surface area (Å²) in [4.78, 5) is 14.9. The Bertz CT molecular complexity index is 567. The van der Waals surface area contributed by atoms with E-state index in [4.69, 9.17) is 0 Å². The van der Waals surface area contributed by atoms with Gasteiger partial charge in [-0.2, -0.15) is 5.10 Å². The largest absolute Gasteiger partial charge is 0.340 e. The zero-order chi connectivity index (χ0) is 15.8. The molecule has 4 nitrogen and oxygen atoms in total. The number of likely N-dealkylation sites (tertiary alicyclic amines) is 1. The fraction of sp³-hybridized carbons (Fsp3) is 0.789. The molecule has 1 aliphatic heterocycles. The van der Waals surface area contributed by atoms with Gasteiger partial charge in [0.25, 0.3) is 0 Å². The van der Waals surface area contributed by atoms with Gasteiger partial charge in [0.1, 0.15) is 0 Å². The number of hydrogen-bond donors (Lipinski definition) is 0. The summed E-state index contributed by atoms with van der Waals surface area (Å²) in [5, 5.41) is 4.19. The number of carbonyl (C=O) groups is 1. The van der Waals surface area contributed by atoms with Gasteiger partial charge in [-0.25, -0.2) is 0 Å². The molecule has 2 saturated carbocycles. The van der Waals surface area contributed by atoms with Crippen LogP contribution in [0.3, 0.4) is 0 Å². The van der Waals surface area contributed by atoms with Gasteiger partial charge in [-0.05, 0) is 68.3 Å². The maximum atomic E-state index is 12.7. The van der Waals surface area contributed by atoms with E-state index in [9.17, 15) is 4.79 Å². The highest BCUT2D eigenvalue weighted by Crippen LogP contribution is 2.50. The summed E-state index contributed by atoms with van der Waals surface area (Å²) in [6, 6.07) is 0.528. The highest BCUT2D eigenvalue weighted by molar-refractivity contribution is 5.77. The molecule has 23 heavy (non-hydrogen) atoms. The van der Waals surface area contributed by atoms with Crippen LogP contribution in [0.15, 0.2) is 12.4 Å². The lowest BCUT2D eigenvalue weighted by molar-refractivity contribution is -0.132. The van der Waals surface area contributed by atoms with Crippen LogP contribution in [0.2, 0.25) is 0 Å². The van der Waals surface area contributed by atoms with Crippen LogP contribution in [0.1, 0.15) is 56.9 Å². The Hall–Kier alpha value is -1.32. The molecular weight excluding hydrogens is 286 g/mol. The van der Waals surface area contributed by atoms with Crippen LogP contribution in [0.25, 0.3) is 0 Å². The van der Waals surface area contributed by atoms with Crippen LogP contribution in [-0.4, -0.2) is 33.2 Å². The molecule has 1 amide bonds. The van der Waals surface area contributed by atoms with E-state index in [1.54, 1.807) is 0 Å². The lowest BCUT2D eigenvalue weighted by Crippen LogP contribution is -2.37. The summed E-state index contributed by atoms with van der Waals surface area (Å²) in [5.41, 5.74) is 1.17. The first-order valence-corrected chi connectivity index (χ1v) is 9.46.